The Labute approximate surface area is 179 Å². The van der Waals surface area contributed by atoms with Gasteiger partial charge in [0.25, 0.3) is 0 Å². The van der Waals surface area contributed by atoms with Crippen LogP contribution in [0.25, 0.3) is 6.08 Å². The molecule has 29 heavy (non-hydrogen) atoms. The van der Waals surface area contributed by atoms with Crippen molar-refractivity contribution in [2.24, 2.45) is 23.2 Å². The van der Waals surface area contributed by atoms with Gasteiger partial charge in [0.05, 0.1) is 5.60 Å². The quantitative estimate of drug-likeness (QED) is 0.461. The van der Waals surface area contributed by atoms with Gasteiger partial charge >= 0.3 is 0 Å². The highest BCUT2D eigenvalue weighted by Crippen LogP contribution is 2.56. The molecule has 2 nitrogen and oxygen atoms in total. The lowest BCUT2D eigenvalue weighted by atomic mass is 9.62. The molecule has 0 aromatic heterocycles. The third kappa shape index (κ3) is 4.77. The average molecular weight is 413 g/mol. The molecule has 2 aliphatic rings. The molecule has 0 N–H and O–H groups in total. The summed E-state index contributed by atoms with van der Waals surface area (Å²) < 4.78 is 6.52. The number of allylic oxidation sites excluding steroid dienone is 1. The van der Waals surface area contributed by atoms with Crippen LogP contribution in [0, 0.1) is 23.2 Å². The number of carbonyl (C=O) groups is 1. The molecule has 1 aromatic carbocycles. The van der Waals surface area contributed by atoms with E-state index in [4.69, 9.17) is 4.43 Å². The molecule has 3 rings (SSSR count). The molecule has 4 atom stereocenters. The first kappa shape index (κ1) is 22.5. The Morgan fingerprint density at radius 3 is 2.59 bits per heavy atom. The fourth-order valence-electron chi connectivity index (χ4n) is 6.23. The Kier molecular flexibility index (Phi) is 6.32. The Hall–Kier alpha value is -1.19. The van der Waals surface area contributed by atoms with Gasteiger partial charge in [-0.15, -0.1) is 0 Å². The van der Waals surface area contributed by atoms with Crippen molar-refractivity contribution in [2.75, 3.05) is 0 Å². The summed E-state index contributed by atoms with van der Waals surface area (Å²) in [6.45, 7) is 15.9. The maximum Gasteiger partial charge on any atom is 0.184 e. The highest BCUT2D eigenvalue weighted by Gasteiger charge is 2.51. The number of Topliss-reactive ketones (excluding diaryl/α,β-unsaturated/α-hetero) is 1. The highest BCUT2D eigenvalue weighted by molar-refractivity contribution is 6.69. The summed E-state index contributed by atoms with van der Waals surface area (Å²) in [4.78, 5) is 12.5. The lowest BCUT2D eigenvalue weighted by molar-refractivity contribution is -0.129. The van der Waals surface area contributed by atoms with Crippen molar-refractivity contribution in [3.63, 3.8) is 0 Å². The molecule has 0 amide bonds. The van der Waals surface area contributed by atoms with Crippen molar-refractivity contribution >= 4 is 20.2 Å². The van der Waals surface area contributed by atoms with Gasteiger partial charge in [0.1, 0.15) is 5.78 Å². The van der Waals surface area contributed by atoms with Crippen LogP contribution in [-0.2, 0) is 14.8 Å². The fraction of sp³-hybridized carbons (Fsp3) is 0.654. The number of carbonyl (C=O) groups excluding carboxylic acids is 1. The molecule has 2 fully saturated rings. The third-order valence-corrected chi connectivity index (χ3v) is 8.44. The van der Waals surface area contributed by atoms with E-state index in [-0.39, 0.29) is 11.0 Å². The van der Waals surface area contributed by atoms with Crippen LogP contribution >= 0.6 is 0 Å². The van der Waals surface area contributed by atoms with Crippen LogP contribution in [0.4, 0.5) is 0 Å². The number of fused-ring (bicyclic) bond motifs is 1. The minimum atomic E-state index is -1.66. The standard InChI is InChI=1S/C26H40O2Si/c1-19(21-16-17-23-24(27)13-10-18-26(21,23)4)14-15-20-11-8-9-12-22(20)25(2,3)28-29(5,6)7/h8-9,11-12,14-15,19,21,23H,10,13,16-18H2,1-7H3/b15-14+/t19-,21?,23?,26-/m1/s1. The molecule has 3 heteroatoms. The molecule has 2 aliphatic carbocycles. The molecular weight excluding hydrogens is 372 g/mol. The van der Waals surface area contributed by atoms with Crippen LogP contribution in [0.1, 0.15) is 70.9 Å². The molecule has 0 heterocycles. The van der Waals surface area contributed by atoms with Gasteiger partial charge in [0.2, 0.25) is 0 Å². The second-order valence-corrected chi connectivity index (χ2v) is 15.5. The van der Waals surface area contributed by atoms with Gasteiger partial charge in [-0.3, -0.25) is 4.79 Å². The topological polar surface area (TPSA) is 26.3 Å². The first-order chi connectivity index (χ1) is 13.4. The van der Waals surface area contributed by atoms with E-state index in [0.717, 1.165) is 19.3 Å². The van der Waals surface area contributed by atoms with E-state index in [9.17, 15) is 4.79 Å². The van der Waals surface area contributed by atoms with E-state index in [2.05, 4.69) is 83.8 Å². The van der Waals surface area contributed by atoms with Gasteiger partial charge < -0.3 is 4.43 Å². The number of hydrogen-bond donors (Lipinski definition) is 0. The van der Waals surface area contributed by atoms with Gasteiger partial charge in [-0.2, -0.15) is 0 Å². The molecular formula is C26H40O2Si. The lowest BCUT2D eigenvalue weighted by Gasteiger charge is -2.41. The Morgan fingerprint density at radius 2 is 1.90 bits per heavy atom. The van der Waals surface area contributed by atoms with Crippen molar-refractivity contribution in [1.29, 1.82) is 0 Å². The first-order valence-corrected chi connectivity index (χ1v) is 14.9. The van der Waals surface area contributed by atoms with Crippen LogP contribution in [-0.4, -0.2) is 14.1 Å². The molecule has 2 saturated carbocycles. The molecule has 160 valence electrons. The van der Waals surface area contributed by atoms with Crippen LogP contribution in [0.15, 0.2) is 30.3 Å². The van der Waals surface area contributed by atoms with E-state index in [0.29, 0.717) is 23.5 Å². The summed E-state index contributed by atoms with van der Waals surface area (Å²) in [5.41, 5.74) is 2.41. The predicted octanol–water partition coefficient (Wildman–Crippen LogP) is 7.21. The van der Waals surface area contributed by atoms with E-state index >= 15 is 0 Å². The summed E-state index contributed by atoms with van der Waals surface area (Å²) in [5.74, 6) is 1.90. The van der Waals surface area contributed by atoms with Gasteiger partial charge in [-0.1, -0.05) is 50.3 Å². The van der Waals surface area contributed by atoms with Gasteiger partial charge in [-0.05, 0) is 87.5 Å². The maximum absolute atomic E-state index is 12.5. The van der Waals surface area contributed by atoms with Crippen LogP contribution in [0.5, 0.6) is 0 Å². The summed E-state index contributed by atoms with van der Waals surface area (Å²) in [7, 11) is -1.66. The summed E-state index contributed by atoms with van der Waals surface area (Å²) >= 11 is 0. The van der Waals surface area contributed by atoms with Crippen molar-refractivity contribution in [1.82, 2.24) is 0 Å². The van der Waals surface area contributed by atoms with Gasteiger partial charge in [-0.25, -0.2) is 0 Å². The minimum absolute atomic E-state index is 0.193. The lowest BCUT2D eigenvalue weighted by Crippen LogP contribution is -2.39. The molecule has 1 aromatic rings. The van der Waals surface area contributed by atoms with Crippen molar-refractivity contribution < 1.29 is 9.22 Å². The zero-order chi connectivity index (χ0) is 21.4. The van der Waals surface area contributed by atoms with Gasteiger partial charge in [0, 0.05) is 12.3 Å². The highest BCUT2D eigenvalue weighted by atomic mass is 28.4. The van der Waals surface area contributed by atoms with Crippen LogP contribution in [0.3, 0.4) is 0 Å². The monoisotopic (exact) mass is 412 g/mol. The van der Waals surface area contributed by atoms with Crippen molar-refractivity contribution in [3.05, 3.63) is 41.5 Å². The zero-order valence-electron chi connectivity index (χ0n) is 19.5. The van der Waals surface area contributed by atoms with E-state index < -0.39 is 8.32 Å². The smallest absolute Gasteiger partial charge is 0.184 e. The summed E-state index contributed by atoms with van der Waals surface area (Å²) in [5, 5.41) is 0. The Morgan fingerprint density at radius 1 is 1.21 bits per heavy atom. The molecule has 0 saturated heterocycles. The number of benzene rings is 1. The van der Waals surface area contributed by atoms with E-state index in [1.165, 1.54) is 24.0 Å². The molecule has 2 unspecified atom stereocenters. The summed E-state index contributed by atoms with van der Waals surface area (Å²) in [6.07, 6.45) is 10.0. The Bertz CT molecular complexity index is 773. The zero-order valence-corrected chi connectivity index (χ0v) is 20.5. The number of rotatable bonds is 6. The van der Waals surface area contributed by atoms with Crippen molar-refractivity contribution in [2.45, 2.75) is 85.0 Å². The third-order valence-electron chi connectivity index (χ3n) is 7.32. The van der Waals surface area contributed by atoms with E-state index in [1.807, 2.05) is 0 Å². The average Bonchev–Trinajstić information content (AvgIpc) is 2.96. The Balaban J connectivity index is 1.81. The summed E-state index contributed by atoms with van der Waals surface area (Å²) in [6, 6.07) is 8.64. The molecule has 0 aliphatic heterocycles. The molecule has 0 radical (unpaired) electrons. The molecule has 0 spiro atoms. The van der Waals surface area contributed by atoms with Crippen molar-refractivity contribution in [3.8, 4) is 0 Å². The first-order valence-electron chi connectivity index (χ1n) is 11.4. The largest absolute Gasteiger partial charge is 0.409 e. The second-order valence-electron chi connectivity index (χ2n) is 11.1. The number of ketones is 1. The fourth-order valence-corrected chi connectivity index (χ4v) is 7.88. The van der Waals surface area contributed by atoms with Crippen LogP contribution < -0.4 is 0 Å². The minimum Gasteiger partial charge on any atom is -0.409 e. The maximum atomic E-state index is 12.5. The SMILES string of the molecule is C[C@H](/C=C/c1ccccc1C(C)(C)O[Si](C)(C)C)C1CCC2C(=O)CCC[C@@]21C. The van der Waals surface area contributed by atoms with Gasteiger partial charge in [0.15, 0.2) is 8.32 Å². The van der Waals surface area contributed by atoms with Crippen LogP contribution in [0.2, 0.25) is 19.6 Å². The predicted molar refractivity (Wildman–Crippen MR) is 125 cm³/mol. The second kappa shape index (κ2) is 8.15. The van der Waals surface area contributed by atoms with E-state index in [1.54, 1.807) is 0 Å². The molecule has 0 bridgehead atoms. The normalized spacial score (nSPS) is 29.3. The number of hydrogen-bond acceptors (Lipinski definition) is 2.